The van der Waals surface area contributed by atoms with E-state index in [0.717, 1.165) is 17.3 Å². The topological polar surface area (TPSA) is 91.7 Å². The summed E-state index contributed by atoms with van der Waals surface area (Å²) in [6.45, 7) is 4.44. The molecule has 0 fully saturated rings. The van der Waals surface area contributed by atoms with Crippen LogP contribution in [0.3, 0.4) is 0 Å². The summed E-state index contributed by atoms with van der Waals surface area (Å²) >= 11 is 1.32. The monoisotopic (exact) mass is 266 g/mol. The molecular weight excluding hydrogens is 252 g/mol. The third kappa shape index (κ3) is 2.70. The number of nitrogens with zero attached hydrogens (tertiary/aromatic N) is 5. The Balaban J connectivity index is 2.17. The minimum Gasteiger partial charge on any atom is -0.478 e. The highest BCUT2D eigenvalue weighted by atomic mass is 32.2. The average molecular weight is 266 g/mol. The second kappa shape index (κ2) is 5.67. The molecule has 0 atom stereocenters. The van der Waals surface area contributed by atoms with Crippen molar-refractivity contribution in [3.63, 3.8) is 0 Å². The number of hydrogen-bond donors (Lipinski definition) is 1. The quantitative estimate of drug-likeness (QED) is 0.634. The maximum atomic E-state index is 5.85. The van der Waals surface area contributed by atoms with Crippen LogP contribution in [0.5, 0.6) is 5.88 Å². The smallest absolute Gasteiger partial charge is 0.217 e. The molecular formula is C10H14N6OS. The predicted molar refractivity (Wildman–Crippen MR) is 66.9 cm³/mol. The fourth-order valence-electron chi connectivity index (χ4n) is 1.32. The Kier molecular flexibility index (Phi) is 3.98. The highest BCUT2D eigenvalue weighted by Gasteiger charge is 2.11. The van der Waals surface area contributed by atoms with Gasteiger partial charge in [-0.05, 0) is 18.7 Å². The van der Waals surface area contributed by atoms with Crippen LogP contribution in [0, 0.1) is 0 Å². The lowest BCUT2D eigenvalue weighted by Gasteiger charge is -2.04. The fourth-order valence-corrected chi connectivity index (χ4v) is 2.05. The van der Waals surface area contributed by atoms with Gasteiger partial charge in [0.25, 0.3) is 0 Å². The Bertz CT molecular complexity index is 529. The minimum absolute atomic E-state index is 0.536. The van der Waals surface area contributed by atoms with Gasteiger partial charge in [0.2, 0.25) is 11.0 Å². The highest BCUT2D eigenvalue weighted by Crippen LogP contribution is 2.25. The Labute approximate surface area is 109 Å². The van der Waals surface area contributed by atoms with Gasteiger partial charge in [0.15, 0.2) is 5.82 Å². The first-order chi connectivity index (χ1) is 8.74. The predicted octanol–water partition coefficient (Wildman–Crippen LogP) is 0.894. The molecule has 18 heavy (non-hydrogen) atoms. The molecule has 2 aromatic rings. The van der Waals surface area contributed by atoms with Crippen LogP contribution in [0.25, 0.3) is 0 Å². The van der Waals surface area contributed by atoms with Gasteiger partial charge < -0.3 is 10.6 Å². The molecule has 2 heterocycles. The second-order valence-electron chi connectivity index (χ2n) is 3.35. The molecule has 0 radical (unpaired) electrons. The first-order valence-corrected chi connectivity index (χ1v) is 6.38. The van der Waals surface area contributed by atoms with Crippen molar-refractivity contribution in [1.29, 1.82) is 0 Å². The molecule has 2 aromatic heterocycles. The van der Waals surface area contributed by atoms with Crippen molar-refractivity contribution >= 4 is 11.8 Å². The van der Waals surface area contributed by atoms with Crippen LogP contribution in [0.15, 0.2) is 22.6 Å². The van der Waals surface area contributed by atoms with Gasteiger partial charge in [-0.15, -0.1) is 10.2 Å². The van der Waals surface area contributed by atoms with Crippen molar-refractivity contribution in [3.8, 4) is 5.88 Å². The molecule has 2 N–H and O–H groups in total. The normalized spacial score (nSPS) is 10.6. The summed E-state index contributed by atoms with van der Waals surface area (Å²) in [5.41, 5.74) is 0. The molecule has 0 aliphatic carbocycles. The molecule has 7 nitrogen and oxygen atoms in total. The average Bonchev–Trinajstić information content (AvgIpc) is 2.71. The van der Waals surface area contributed by atoms with Crippen molar-refractivity contribution in [2.45, 2.75) is 30.5 Å². The SMILES string of the molecule is CCOc1cc(Sc2nnc(CC)n2N)ncn1. The number of aromatic nitrogens is 5. The number of nitrogen functional groups attached to an aromatic ring is 1. The molecule has 0 unspecified atom stereocenters. The van der Waals surface area contributed by atoms with Crippen LogP contribution < -0.4 is 10.6 Å². The molecule has 8 heteroatoms. The molecule has 0 aliphatic heterocycles. The number of rotatable bonds is 5. The summed E-state index contributed by atoms with van der Waals surface area (Å²) in [7, 11) is 0. The number of hydrogen-bond acceptors (Lipinski definition) is 7. The maximum absolute atomic E-state index is 5.85. The van der Waals surface area contributed by atoms with E-state index in [1.165, 1.54) is 22.8 Å². The van der Waals surface area contributed by atoms with E-state index in [0.29, 0.717) is 17.6 Å². The van der Waals surface area contributed by atoms with Crippen LogP contribution in [0.4, 0.5) is 0 Å². The van der Waals surface area contributed by atoms with Crippen LogP contribution in [0.1, 0.15) is 19.7 Å². The van der Waals surface area contributed by atoms with Gasteiger partial charge >= 0.3 is 0 Å². The van der Waals surface area contributed by atoms with E-state index in [-0.39, 0.29) is 0 Å². The van der Waals surface area contributed by atoms with Crippen molar-refractivity contribution in [2.24, 2.45) is 0 Å². The van der Waals surface area contributed by atoms with Gasteiger partial charge in [-0.1, -0.05) is 6.92 Å². The Hall–Kier alpha value is -1.83. The van der Waals surface area contributed by atoms with Gasteiger partial charge in [0.1, 0.15) is 11.4 Å². The first kappa shape index (κ1) is 12.6. The second-order valence-corrected chi connectivity index (χ2v) is 4.34. The van der Waals surface area contributed by atoms with E-state index in [2.05, 4.69) is 20.2 Å². The summed E-state index contributed by atoms with van der Waals surface area (Å²) in [6.07, 6.45) is 2.18. The van der Waals surface area contributed by atoms with Gasteiger partial charge in [-0.2, -0.15) is 0 Å². The standard InChI is InChI=1S/C10H14N6OS/c1-3-7-14-15-10(16(7)11)18-9-5-8(17-4-2)12-6-13-9/h5-6H,3-4,11H2,1-2H3. The van der Waals surface area contributed by atoms with Crippen LogP contribution in [-0.2, 0) is 6.42 Å². The third-order valence-corrected chi connectivity index (χ3v) is 3.05. The van der Waals surface area contributed by atoms with Crippen LogP contribution >= 0.6 is 11.8 Å². The van der Waals surface area contributed by atoms with Crippen LogP contribution in [-0.4, -0.2) is 31.4 Å². The molecule has 96 valence electrons. The van der Waals surface area contributed by atoms with Gasteiger partial charge in [0.05, 0.1) is 6.61 Å². The molecule has 0 spiro atoms. The largest absolute Gasteiger partial charge is 0.478 e. The van der Waals surface area contributed by atoms with E-state index < -0.39 is 0 Å². The van der Waals surface area contributed by atoms with E-state index in [4.69, 9.17) is 10.6 Å². The van der Waals surface area contributed by atoms with Gasteiger partial charge in [-0.25, -0.2) is 14.6 Å². The fraction of sp³-hybridized carbons (Fsp3) is 0.400. The Morgan fingerprint density at radius 1 is 1.33 bits per heavy atom. The number of nitrogens with two attached hydrogens (primary N) is 1. The van der Waals surface area contributed by atoms with Crippen molar-refractivity contribution in [3.05, 3.63) is 18.2 Å². The maximum Gasteiger partial charge on any atom is 0.217 e. The zero-order valence-electron chi connectivity index (χ0n) is 10.2. The molecule has 0 aliphatic rings. The van der Waals surface area contributed by atoms with Crippen molar-refractivity contribution in [1.82, 2.24) is 24.8 Å². The summed E-state index contributed by atoms with van der Waals surface area (Å²) in [5.74, 6) is 7.12. The molecule has 0 amide bonds. The van der Waals surface area contributed by atoms with Crippen molar-refractivity contribution < 1.29 is 4.74 Å². The third-order valence-electron chi connectivity index (χ3n) is 2.16. The lowest BCUT2D eigenvalue weighted by molar-refractivity contribution is 0.324. The number of aryl methyl sites for hydroxylation is 1. The first-order valence-electron chi connectivity index (χ1n) is 5.56. The minimum atomic E-state index is 0.536. The summed E-state index contributed by atoms with van der Waals surface area (Å²) in [6, 6.07) is 1.74. The molecule has 0 bridgehead atoms. The molecule has 2 rings (SSSR count). The summed E-state index contributed by atoms with van der Waals surface area (Å²) < 4.78 is 6.77. The Morgan fingerprint density at radius 3 is 2.83 bits per heavy atom. The highest BCUT2D eigenvalue weighted by molar-refractivity contribution is 7.99. The summed E-state index contributed by atoms with van der Waals surface area (Å²) in [4.78, 5) is 8.12. The van der Waals surface area contributed by atoms with Crippen LogP contribution in [0.2, 0.25) is 0 Å². The van der Waals surface area contributed by atoms with Crippen molar-refractivity contribution in [2.75, 3.05) is 12.4 Å². The van der Waals surface area contributed by atoms with Gasteiger partial charge in [0, 0.05) is 12.5 Å². The molecule has 0 saturated carbocycles. The van der Waals surface area contributed by atoms with E-state index in [1.54, 1.807) is 6.07 Å². The van der Waals surface area contributed by atoms with E-state index in [9.17, 15) is 0 Å². The lowest BCUT2D eigenvalue weighted by Crippen LogP contribution is -2.13. The zero-order valence-corrected chi connectivity index (χ0v) is 11.0. The number of ether oxygens (including phenoxy) is 1. The summed E-state index contributed by atoms with van der Waals surface area (Å²) in [5, 5.41) is 9.30. The van der Waals surface area contributed by atoms with E-state index in [1.807, 2.05) is 13.8 Å². The Morgan fingerprint density at radius 2 is 2.17 bits per heavy atom. The molecule has 0 saturated heterocycles. The zero-order chi connectivity index (χ0) is 13.0. The van der Waals surface area contributed by atoms with E-state index >= 15 is 0 Å². The lowest BCUT2D eigenvalue weighted by atomic mass is 10.5. The molecule has 0 aromatic carbocycles. The van der Waals surface area contributed by atoms with Gasteiger partial charge in [-0.3, -0.25) is 0 Å².